The van der Waals surface area contributed by atoms with Crippen LogP contribution in [-0.2, 0) is 10.3 Å². The molecule has 0 bridgehead atoms. The largest absolute Gasteiger partial charge is 2.00 e. The third-order valence-corrected chi connectivity index (χ3v) is 8.31. The molecule has 0 fully saturated rings. The first-order valence-corrected chi connectivity index (χ1v) is 15.2. The molecule has 0 saturated carbocycles. The number of hydrogen-bond acceptors (Lipinski definition) is 5. The van der Waals surface area contributed by atoms with E-state index in [0.717, 1.165) is 71.7 Å². The van der Waals surface area contributed by atoms with Crippen molar-refractivity contribution in [1.29, 1.82) is 0 Å². The Kier molecular flexibility index (Phi) is 11.8. The Morgan fingerprint density at radius 2 is 0.980 bits per heavy atom. The van der Waals surface area contributed by atoms with Gasteiger partial charge in [-0.25, -0.2) is 4.79 Å². The monoisotopic (exact) mass is 722 g/mol. The summed E-state index contributed by atoms with van der Waals surface area (Å²) in [6.45, 7) is 3.62. The Hall–Kier alpha value is -4.40. The van der Waals surface area contributed by atoms with Gasteiger partial charge in [0.05, 0.1) is 18.3 Å². The van der Waals surface area contributed by atoms with E-state index in [4.69, 9.17) is 13.6 Å². The second-order valence-corrected chi connectivity index (χ2v) is 11.7. The predicted molar refractivity (Wildman–Crippen MR) is 197 cm³/mol. The predicted octanol–water partition coefficient (Wildman–Crippen LogP) is 7.59. The number of aliphatic hydroxyl groups is 1. The summed E-state index contributed by atoms with van der Waals surface area (Å²) in [5.41, 5.74) is 7.60. The van der Waals surface area contributed by atoms with Gasteiger partial charge in [0, 0.05) is 32.7 Å². The van der Waals surface area contributed by atoms with Gasteiger partial charge in [0.2, 0.25) is 0 Å². The van der Waals surface area contributed by atoms with Crippen LogP contribution in [0.2, 0.25) is 0 Å². The number of para-hydroxylation sites is 4. The van der Waals surface area contributed by atoms with Crippen molar-refractivity contribution in [2.75, 3.05) is 7.11 Å². The van der Waals surface area contributed by atoms with E-state index in [1.54, 1.807) is 6.07 Å². The van der Waals surface area contributed by atoms with Gasteiger partial charge >= 0.3 is 29.0 Å². The van der Waals surface area contributed by atoms with Gasteiger partial charge in [-0.1, -0.05) is 115 Å². The standard InChI is InChI=1S/C21H18O2.C20H14O3.CH3.BrH.Mg/c1-21(2,22)18-12-5-3-8-14(18)16-10-7-11-17-15-9-4-6-13-19(15)23-20(16)17;1-22-20(21)17-9-3-2-7-13(17)15-10-6-11-16-14-8-4-5-12-18(14)23-19(15)16;;;/h3-13,22H,1-2H3;2-12H,1H3;1H3;1H;/q;;-1;;+2/p-1. The van der Waals surface area contributed by atoms with Crippen molar-refractivity contribution in [3.8, 4) is 22.3 Å². The van der Waals surface area contributed by atoms with E-state index < -0.39 is 5.60 Å². The molecule has 0 atom stereocenters. The van der Waals surface area contributed by atoms with Crippen LogP contribution in [0.5, 0.6) is 0 Å². The van der Waals surface area contributed by atoms with Crippen LogP contribution in [0.15, 0.2) is 142 Å². The van der Waals surface area contributed by atoms with Gasteiger partial charge in [0.25, 0.3) is 0 Å². The smallest absolute Gasteiger partial charge is 1.00 e. The molecule has 0 aliphatic carbocycles. The summed E-state index contributed by atoms with van der Waals surface area (Å²) in [5.74, 6) is -0.353. The quantitative estimate of drug-likeness (QED) is 0.115. The second kappa shape index (κ2) is 15.4. The molecule has 0 unspecified atom stereocenters. The fourth-order valence-corrected chi connectivity index (χ4v) is 6.18. The molecule has 0 aliphatic heterocycles. The van der Waals surface area contributed by atoms with Crippen LogP contribution in [0.25, 0.3) is 66.1 Å². The fourth-order valence-electron chi connectivity index (χ4n) is 6.18. The molecule has 2 heterocycles. The Morgan fingerprint density at radius 1 is 0.571 bits per heavy atom. The number of ether oxygens (including phenoxy) is 1. The minimum Gasteiger partial charge on any atom is -1.00 e. The third-order valence-electron chi connectivity index (χ3n) is 8.31. The number of furan rings is 2. The Balaban J connectivity index is 0.000000208. The number of benzene rings is 6. The van der Waals surface area contributed by atoms with Crippen LogP contribution in [-0.4, -0.2) is 41.2 Å². The molecule has 242 valence electrons. The molecule has 1 N–H and O–H groups in total. The summed E-state index contributed by atoms with van der Waals surface area (Å²) in [4.78, 5) is 12.1. The van der Waals surface area contributed by atoms with Crippen LogP contribution in [0.1, 0.15) is 29.8 Å². The first kappa shape index (κ1) is 37.4. The SMILES string of the molecule is CC(C)(O)c1ccccc1-c1cccc2c1oc1ccccc12.COC(=O)c1ccccc1-c1cccc2c1oc1ccccc12.[Br-].[CH3-].[Mg+2]. The maximum absolute atomic E-state index is 12.1. The molecule has 7 heteroatoms. The molecule has 0 spiro atoms. The Morgan fingerprint density at radius 3 is 1.51 bits per heavy atom. The van der Waals surface area contributed by atoms with Crippen molar-refractivity contribution < 1.29 is 40.5 Å². The van der Waals surface area contributed by atoms with E-state index in [-0.39, 0.29) is 53.4 Å². The van der Waals surface area contributed by atoms with E-state index in [2.05, 4.69) is 18.2 Å². The Labute approximate surface area is 312 Å². The zero-order chi connectivity index (χ0) is 31.8. The minimum atomic E-state index is -0.912. The molecule has 2 aromatic heterocycles. The summed E-state index contributed by atoms with van der Waals surface area (Å²) in [7, 11) is 1.39. The van der Waals surface area contributed by atoms with Crippen molar-refractivity contribution in [3.05, 3.63) is 152 Å². The van der Waals surface area contributed by atoms with Crippen molar-refractivity contribution in [1.82, 2.24) is 0 Å². The number of methoxy groups -OCH3 is 1. The molecule has 8 rings (SSSR count). The number of halogens is 1. The average molecular weight is 724 g/mol. The normalized spacial score (nSPS) is 10.9. The van der Waals surface area contributed by atoms with Gasteiger partial charge in [-0.2, -0.15) is 0 Å². The van der Waals surface area contributed by atoms with Crippen LogP contribution in [0.4, 0.5) is 0 Å². The van der Waals surface area contributed by atoms with E-state index in [1.165, 1.54) is 7.11 Å². The van der Waals surface area contributed by atoms with E-state index in [1.807, 2.05) is 123 Å². The number of carbonyl (C=O) groups is 1. The van der Waals surface area contributed by atoms with Crippen LogP contribution in [0, 0.1) is 7.43 Å². The number of fused-ring (bicyclic) bond motifs is 6. The molecule has 0 radical (unpaired) electrons. The maximum Gasteiger partial charge on any atom is 2.00 e. The van der Waals surface area contributed by atoms with Crippen molar-refractivity contribution in [2.24, 2.45) is 0 Å². The molecular formula is C42H35BrMgO5. The summed E-state index contributed by atoms with van der Waals surface area (Å²) >= 11 is 0. The minimum absolute atomic E-state index is 0. The summed E-state index contributed by atoms with van der Waals surface area (Å²) in [5, 5.41) is 14.8. The molecule has 8 aromatic rings. The maximum atomic E-state index is 12.1. The third kappa shape index (κ3) is 7.03. The van der Waals surface area contributed by atoms with E-state index >= 15 is 0 Å². The summed E-state index contributed by atoms with van der Waals surface area (Å²) in [6.07, 6.45) is 0. The van der Waals surface area contributed by atoms with Crippen molar-refractivity contribution in [3.63, 3.8) is 0 Å². The van der Waals surface area contributed by atoms with Crippen LogP contribution >= 0.6 is 0 Å². The fraction of sp³-hybridized carbons (Fsp3) is 0.0952. The van der Waals surface area contributed by atoms with Gasteiger partial charge in [0.15, 0.2) is 0 Å². The number of rotatable bonds is 4. The first-order chi connectivity index (χ1) is 22.3. The molecule has 6 aromatic carbocycles. The zero-order valence-electron chi connectivity index (χ0n) is 27.9. The number of esters is 1. The van der Waals surface area contributed by atoms with E-state index in [9.17, 15) is 9.90 Å². The Bertz CT molecular complexity index is 2380. The van der Waals surface area contributed by atoms with Crippen molar-refractivity contribution >= 4 is 72.9 Å². The summed E-state index contributed by atoms with van der Waals surface area (Å²) in [6, 6.07) is 43.5. The van der Waals surface area contributed by atoms with Gasteiger partial charge < -0.3 is 43.1 Å². The summed E-state index contributed by atoms with van der Waals surface area (Å²) < 4.78 is 17.1. The first-order valence-electron chi connectivity index (χ1n) is 15.2. The van der Waals surface area contributed by atoms with Gasteiger partial charge in [-0.05, 0) is 48.7 Å². The van der Waals surface area contributed by atoms with Gasteiger partial charge in [-0.15, -0.1) is 0 Å². The number of carbonyl (C=O) groups excluding carboxylic acids is 1. The second-order valence-electron chi connectivity index (χ2n) is 11.7. The molecule has 49 heavy (non-hydrogen) atoms. The van der Waals surface area contributed by atoms with Crippen LogP contribution < -0.4 is 17.0 Å². The topological polar surface area (TPSA) is 72.8 Å². The molecule has 0 aliphatic rings. The number of hydrogen-bond donors (Lipinski definition) is 1. The molecular weight excluding hydrogens is 689 g/mol. The van der Waals surface area contributed by atoms with Gasteiger partial charge in [-0.3, -0.25) is 0 Å². The average Bonchev–Trinajstić information content (AvgIpc) is 3.66. The molecule has 0 saturated heterocycles. The van der Waals surface area contributed by atoms with Crippen LogP contribution in [0.3, 0.4) is 0 Å². The molecule has 5 nitrogen and oxygen atoms in total. The van der Waals surface area contributed by atoms with E-state index in [0.29, 0.717) is 5.56 Å². The zero-order valence-corrected chi connectivity index (χ0v) is 30.9. The van der Waals surface area contributed by atoms with Crippen molar-refractivity contribution in [2.45, 2.75) is 19.4 Å². The van der Waals surface area contributed by atoms with Gasteiger partial charge in [0.1, 0.15) is 22.3 Å². The molecule has 0 amide bonds.